The van der Waals surface area contributed by atoms with Crippen LogP contribution in [0.4, 0.5) is 10.1 Å². The van der Waals surface area contributed by atoms with Crippen molar-refractivity contribution in [3.8, 4) is 0 Å². The number of carbonyl (C=O) groups excluding carboxylic acids is 1. The predicted octanol–water partition coefficient (Wildman–Crippen LogP) is 3.64. The lowest BCUT2D eigenvalue weighted by molar-refractivity contribution is -0.116. The van der Waals surface area contributed by atoms with Crippen molar-refractivity contribution in [1.29, 1.82) is 0 Å². The molecule has 1 amide bonds. The second kappa shape index (κ2) is 6.63. The Labute approximate surface area is 103 Å². The average molecular weight is 288 g/mol. The third-order valence-electron chi connectivity index (χ3n) is 2.23. The molecule has 0 aromatic heterocycles. The van der Waals surface area contributed by atoms with Crippen molar-refractivity contribution in [1.82, 2.24) is 0 Å². The van der Waals surface area contributed by atoms with Gasteiger partial charge in [0.2, 0.25) is 5.91 Å². The number of carbonyl (C=O) groups is 1. The van der Waals surface area contributed by atoms with Crippen molar-refractivity contribution < 1.29 is 9.18 Å². The first kappa shape index (κ1) is 13.2. The fourth-order valence-electron chi connectivity index (χ4n) is 1.33. The Kier molecular flexibility index (Phi) is 5.46. The second-order valence-corrected chi connectivity index (χ2v) is 4.45. The monoisotopic (exact) mass is 287 g/mol. The molecule has 0 saturated carbocycles. The lowest BCUT2D eigenvalue weighted by Crippen LogP contribution is -2.11. The predicted molar refractivity (Wildman–Crippen MR) is 67.4 cm³/mol. The van der Waals surface area contributed by atoms with E-state index < -0.39 is 0 Å². The third kappa shape index (κ3) is 4.31. The van der Waals surface area contributed by atoms with Gasteiger partial charge in [-0.05, 0) is 43.5 Å². The Bertz CT molecular complexity index is 368. The molecule has 0 aliphatic carbocycles. The highest BCUT2D eigenvalue weighted by Gasteiger charge is 2.03. The number of hydrogen-bond donors (Lipinski definition) is 1. The van der Waals surface area contributed by atoms with Crippen molar-refractivity contribution in [2.24, 2.45) is 0 Å². The number of anilines is 1. The second-order valence-electron chi connectivity index (χ2n) is 3.66. The summed E-state index contributed by atoms with van der Waals surface area (Å²) in [5.74, 6) is -0.274. The molecule has 2 nitrogen and oxygen atoms in total. The smallest absolute Gasteiger partial charge is 0.224 e. The quantitative estimate of drug-likeness (QED) is 0.650. The van der Waals surface area contributed by atoms with Gasteiger partial charge in [0.25, 0.3) is 0 Å². The average Bonchev–Trinajstić information content (AvgIpc) is 2.24. The first-order valence-electron chi connectivity index (χ1n) is 5.25. The summed E-state index contributed by atoms with van der Waals surface area (Å²) >= 11 is 3.31. The molecule has 0 spiro atoms. The largest absolute Gasteiger partial charge is 0.326 e. The lowest BCUT2D eigenvalue weighted by atomic mass is 10.2. The number of nitrogens with one attached hydrogen (secondary N) is 1. The molecule has 0 saturated heterocycles. The number of amides is 1. The van der Waals surface area contributed by atoms with Crippen LogP contribution < -0.4 is 5.32 Å². The molecule has 1 aromatic carbocycles. The molecule has 88 valence electrons. The van der Waals surface area contributed by atoms with Gasteiger partial charge in [-0.2, -0.15) is 0 Å². The third-order valence-corrected chi connectivity index (χ3v) is 2.79. The van der Waals surface area contributed by atoms with Crippen LogP contribution in [0.25, 0.3) is 0 Å². The van der Waals surface area contributed by atoms with Crippen molar-refractivity contribution in [3.05, 3.63) is 29.6 Å². The van der Waals surface area contributed by atoms with Crippen molar-refractivity contribution in [2.75, 3.05) is 10.6 Å². The van der Waals surface area contributed by atoms with Gasteiger partial charge >= 0.3 is 0 Å². The minimum Gasteiger partial charge on any atom is -0.326 e. The summed E-state index contributed by atoms with van der Waals surface area (Å²) in [4.78, 5) is 11.5. The fourth-order valence-corrected chi connectivity index (χ4v) is 1.72. The number of benzene rings is 1. The van der Waals surface area contributed by atoms with E-state index in [2.05, 4.69) is 21.2 Å². The molecule has 4 heteroatoms. The molecule has 0 unspecified atom stereocenters. The Balaban J connectivity index is 2.46. The number of aryl methyl sites for hydroxylation is 1. The molecule has 16 heavy (non-hydrogen) atoms. The van der Waals surface area contributed by atoms with E-state index in [0.29, 0.717) is 17.7 Å². The van der Waals surface area contributed by atoms with Crippen LogP contribution in [-0.4, -0.2) is 11.2 Å². The number of rotatable bonds is 5. The topological polar surface area (TPSA) is 29.1 Å². The summed E-state index contributed by atoms with van der Waals surface area (Å²) in [6.07, 6.45) is 2.34. The van der Waals surface area contributed by atoms with E-state index in [4.69, 9.17) is 0 Å². The summed E-state index contributed by atoms with van der Waals surface area (Å²) in [5, 5.41) is 3.66. The van der Waals surface area contributed by atoms with Gasteiger partial charge in [-0.25, -0.2) is 4.39 Å². The number of alkyl halides is 1. The standard InChI is InChI=1S/C12H15BrFNO/c1-9-8-10(5-6-11(9)14)15-12(16)4-2-3-7-13/h5-6,8H,2-4,7H2,1H3,(H,15,16). The van der Waals surface area contributed by atoms with Gasteiger partial charge in [0.05, 0.1) is 0 Å². The number of hydrogen-bond acceptors (Lipinski definition) is 1. The van der Waals surface area contributed by atoms with Gasteiger partial charge in [0.15, 0.2) is 0 Å². The van der Waals surface area contributed by atoms with Crippen LogP contribution in [0.3, 0.4) is 0 Å². The molecular weight excluding hydrogens is 273 g/mol. The summed E-state index contributed by atoms with van der Waals surface area (Å²) < 4.78 is 13.0. The summed E-state index contributed by atoms with van der Waals surface area (Å²) in [5.41, 5.74) is 1.20. The van der Waals surface area contributed by atoms with Gasteiger partial charge < -0.3 is 5.32 Å². The van der Waals surface area contributed by atoms with Crippen LogP contribution in [0.2, 0.25) is 0 Å². The zero-order valence-corrected chi connectivity index (χ0v) is 10.8. The van der Waals surface area contributed by atoms with Crippen LogP contribution in [0.1, 0.15) is 24.8 Å². The molecule has 1 rings (SSSR count). The zero-order valence-electron chi connectivity index (χ0n) is 9.22. The minimum atomic E-state index is -0.253. The van der Waals surface area contributed by atoms with Gasteiger partial charge in [-0.3, -0.25) is 4.79 Å². The molecule has 0 heterocycles. The highest BCUT2D eigenvalue weighted by Crippen LogP contribution is 2.14. The molecule has 0 fully saturated rings. The van der Waals surface area contributed by atoms with Crippen LogP contribution >= 0.6 is 15.9 Å². The molecule has 0 aliphatic rings. The number of halogens is 2. The maximum absolute atomic E-state index is 13.0. The maximum atomic E-state index is 13.0. The zero-order chi connectivity index (χ0) is 12.0. The molecule has 0 atom stereocenters. The SMILES string of the molecule is Cc1cc(NC(=O)CCCCBr)ccc1F. The molecule has 1 aromatic rings. The normalized spacial score (nSPS) is 10.2. The molecule has 0 aliphatic heterocycles. The molecule has 0 radical (unpaired) electrons. The van der Waals surface area contributed by atoms with E-state index in [-0.39, 0.29) is 11.7 Å². The fraction of sp³-hybridized carbons (Fsp3) is 0.417. The first-order chi connectivity index (χ1) is 7.63. The van der Waals surface area contributed by atoms with Crippen LogP contribution in [0, 0.1) is 12.7 Å². The Morgan fingerprint density at radius 2 is 2.19 bits per heavy atom. The summed E-state index contributed by atoms with van der Waals surface area (Å²) in [6.45, 7) is 1.68. The van der Waals surface area contributed by atoms with E-state index in [1.54, 1.807) is 19.1 Å². The lowest BCUT2D eigenvalue weighted by Gasteiger charge is -2.06. The number of unbranched alkanes of at least 4 members (excludes halogenated alkanes) is 1. The molecular formula is C12H15BrFNO. The van der Waals surface area contributed by atoms with Crippen molar-refractivity contribution >= 4 is 27.5 Å². The van der Waals surface area contributed by atoms with Gasteiger partial charge in [-0.1, -0.05) is 15.9 Å². The summed E-state index contributed by atoms with van der Waals surface area (Å²) in [7, 11) is 0. The Hall–Kier alpha value is -0.900. The van der Waals surface area contributed by atoms with E-state index >= 15 is 0 Å². The van der Waals surface area contributed by atoms with E-state index in [9.17, 15) is 9.18 Å². The molecule has 1 N–H and O–H groups in total. The molecule has 0 bridgehead atoms. The first-order valence-corrected chi connectivity index (χ1v) is 6.37. The highest BCUT2D eigenvalue weighted by atomic mass is 79.9. The van der Waals surface area contributed by atoms with E-state index in [0.717, 1.165) is 18.2 Å². The van der Waals surface area contributed by atoms with E-state index in [1.807, 2.05) is 0 Å². The minimum absolute atomic E-state index is 0.0213. The van der Waals surface area contributed by atoms with Crippen LogP contribution in [-0.2, 0) is 4.79 Å². The van der Waals surface area contributed by atoms with Gasteiger partial charge in [0.1, 0.15) is 5.82 Å². The van der Waals surface area contributed by atoms with Crippen molar-refractivity contribution in [3.63, 3.8) is 0 Å². The Morgan fingerprint density at radius 1 is 1.44 bits per heavy atom. The van der Waals surface area contributed by atoms with Gasteiger partial charge in [-0.15, -0.1) is 0 Å². The van der Waals surface area contributed by atoms with Crippen LogP contribution in [0.15, 0.2) is 18.2 Å². The Morgan fingerprint density at radius 3 is 2.81 bits per heavy atom. The van der Waals surface area contributed by atoms with Gasteiger partial charge in [0, 0.05) is 17.4 Å². The highest BCUT2D eigenvalue weighted by molar-refractivity contribution is 9.09. The van der Waals surface area contributed by atoms with Crippen LogP contribution in [0.5, 0.6) is 0 Å². The maximum Gasteiger partial charge on any atom is 0.224 e. The summed E-state index contributed by atoms with van der Waals surface area (Å²) in [6, 6.07) is 4.58. The van der Waals surface area contributed by atoms with E-state index in [1.165, 1.54) is 6.07 Å². The van der Waals surface area contributed by atoms with Crippen molar-refractivity contribution in [2.45, 2.75) is 26.2 Å².